The Morgan fingerprint density at radius 2 is 0.920 bits per heavy atom. The largest absolute Gasteiger partial charge is 0.341 e. The molecule has 8 heteroatoms. The molecule has 0 aromatic heterocycles. The zero-order valence-electron chi connectivity index (χ0n) is 15.2. The maximum absolute atomic E-state index is 11.7. The molecule has 0 heterocycles. The fourth-order valence-electron chi connectivity index (χ4n) is 2.61. The fourth-order valence-corrected chi connectivity index (χ4v) is 3.17. The van der Waals surface area contributed by atoms with Gasteiger partial charge in [0.2, 0.25) is 0 Å². The molecule has 0 aliphatic rings. The summed E-state index contributed by atoms with van der Waals surface area (Å²) in [6.45, 7) is 6.53. The van der Waals surface area contributed by atoms with Crippen molar-refractivity contribution in [2.24, 2.45) is 0 Å². The second kappa shape index (κ2) is 15.2. The van der Waals surface area contributed by atoms with Gasteiger partial charge >= 0.3 is 0 Å². The first-order valence-corrected chi connectivity index (χ1v) is 10.7. The molecule has 2 amide bonds. The Hall–Kier alpha value is 0.1000. The number of alkyl halides is 4. The van der Waals surface area contributed by atoms with Crippen LogP contribution in [-0.2, 0) is 9.59 Å². The zero-order valence-corrected chi connectivity index (χ0v) is 18.2. The quantitative estimate of drug-likeness (QED) is 0.284. The number of amides is 2. The molecule has 0 aromatic rings. The lowest BCUT2D eigenvalue weighted by Gasteiger charge is -2.21. The van der Waals surface area contributed by atoms with E-state index >= 15 is 0 Å². The summed E-state index contributed by atoms with van der Waals surface area (Å²) in [7, 11) is 0. The topological polar surface area (TPSA) is 40.6 Å². The van der Waals surface area contributed by atoms with Crippen LogP contribution in [0.2, 0.25) is 0 Å². The predicted molar refractivity (Wildman–Crippen MR) is 108 cm³/mol. The Labute approximate surface area is 172 Å². The first kappa shape index (κ1) is 25.1. The number of rotatable bonds is 14. The summed E-state index contributed by atoms with van der Waals surface area (Å²) >= 11 is 22.5. The molecule has 0 rings (SSSR count). The van der Waals surface area contributed by atoms with E-state index in [0.717, 1.165) is 44.9 Å². The van der Waals surface area contributed by atoms with Crippen molar-refractivity contribution < 1.29 is 9.59 Å². The molecule has 0 saturated heterocycles. The second-order valence-corrected chi connectivity index (χ2v) is 8.10. The number of nitrogens with zero attached hydrogens (tertiary/aromatic N) is 2. The van der Waals surface area contributed by atoms with Crippen molar-refractivity contribution in [2.45, 2.75) is 68.5 Å². The van der Waals surface area contributed by atoms with Gasteiger partial charge in [0.1, 0.15) is 0 Å². The maximum Gasteiger partial charge on any atom is 0.255 e. The summed E-state index contributed by atoms with van der Waals surface area (Å²) in [6.07, 6.45) is 7.52. The van der Waals surface area contributed by atoms with Crippen LogP contribution in [-0.4, -0.2) is 57.5 Å². The van der Waals surface area contributed by atoms with Crippen LogP contribution in [0.15, 0.2) is 0 Å². The molecule has 0 aliphatic heterocycles. The minimum absolute atomic E-state index is 0.211. The number of unbranched alkanes of at least 4 members (excludes halogenated alkanes) is 6. The Bertz CT molecular complexity index is 348. The zero-order chi connectivity index (χ0) is 19.2. The van der Waals surface area contributed by atoms with Gasteiger partial charge in [0.25, 0.3) is 11.8 Å². The number of halogens is 4. The van der Waals surface area contributed by atoms with Crippen LogP contribution < -0.4 is 0 Å². The third-order valence-corrected chi connectivity index (χ3v) is 4.86. The van der Waals surface area contributed by atoms with Crippen LogP contribution in [0.5, 0.6) is 0 Å². The van der Waals surface area contributed by atoms with Crippen molar-refractivity contribution in [3.05, 3.63) is 0 Å². The van der Waals surface area contributed by atoms with E-state index in [2.05, 4.69) is 0 Å². The molecule has 148 valence electrons. The van der Waals surface area contributed by atoms with Gasteiger partial charge in [-0.25, -0.2) is 0 Å². The second-order valence-electron chi connectivity index (χ2n) is 5.91. The summed E-state index contributed by atoms with van der Waals surface area (Å²) in [4.78, 5) is 24.9. The Balaban J connectivity index is 3.67. The molecule has 25 heavy (non-hydrogen) atoms. The number of carbonyl (C=O) groups excluding carboxylic acids is 2. The van der Waals surface area contributed by atoms with Crippen LogP contribution >= 0.6 is 46.4 Å². The molecule has 0 N–H and O–H groups in total. The summed E-state index contributed by atoms with van der Waals surface area (Å²) in [5, 5.41) is 0. The van der Waals surface area contributed by atoms with Gasteiger partial charge in [-0.1, -0.05) is 78.5 Å². The number of hydrogen-bond donors (Lipinski definition) is 0. The molecule has 0 aromatic carbocycles. The molecule has 0 fully saturated rings. The molecule has 0 atom stereocenters. The van der Waals surface area contributed by atoms with Crippen molar-refractivity contribution in [1.29, 1.82) is 0 Å². The van der Waals surface area contributed by atoms with E-state index < -0.39 is 9.67 Å². The van der Waals surface area contributed by atoms with Crippen LogP contribution in [0.25, 0.3) is 0 Å². The van der Waals surface area contributed by atoms with Gasteiger partial charge in [-0.05, 0) is 26.7 Å². The van der Waals surface area contributed by atoms with E-state index in [-0.39, 0.29) is 11.8 Å². The van der Waals surface area contributed by atoms with Crippen LogP contribution in [0.4, 0.5) is 0 Å². The molecular weight excluding hydrogens is 406 g/mol. The molecule has 0 radical (unpaired) electrons. The third kappa shape index (κ3) is 11.4. The van der Waals surface area contributed by atoms with Crippen molar-refractivity contribution in [3.63, 3.8) is 0 Å². The number of carbonyl (C=O) groups is 2. The Kier molecular flexibility index (Phi) is 15.2. The lowest BCUT2D eigenvalue weighted by atomic mass is 10.1. The third-order valence-electron chi connectivity index (χ3n) is 4.12. The van der Waals surface area contributed by atoms with Crippen LogP contribution in [0, 0.1) is 0 Å². The normalized spacial score (nSPS) is 11.2. The van der Waals surface area contributed by atoms with Crippen molar-refractivity contribution >= 4 is 58.2 Å². The smallest absolute Gasteiger partial charge is 0.255 e. The highest BCUT2D eigenvalue weighted by Gasteiger charge is 2.18. The van der Waals surface area contributed by atoms with E-state index in [4.69, 9.17) is 46.4 Å². The van der Waals surface area contributed by atoms with E-state index in [1.54, 1.807) is 9.80 Å². The molecule has 0 bridgehead atoms. The standard InChI is InChI=1S/C17H30Cl4N2O2/c1-3-22(16(24)14(18)19)12-10-8-6-5-7-9-11-13-23(4-2)17(25)15(20)21/h14-15H,3-13H2,1-2H3. The first-order valence-electron chi connectivity index (χ1n) is 8.98. The summed E-state index contributed by atoms with van der Waals surface area (Å²) in [6, 6.07) is 0. The molecule has 4 nitrogen and oxygen atoms in total. The van der Waals surface area contributed by atoms with Gasteiger partial charge in [0.15, 0.2) is 9.67 Å². The summed E-state index contributed by atoms with van der Waals surface area (Å²) in [5.41, 5.74) is 0. The minimum Gasteiger partial charge on any atom is -0.341 e. The van der Waals surface area contributed by atoms with Gasteiger partial charge in [0.05, 0.1) is 0 Å². The van der Waals surface area contributed by atoms with E-state index in [0.29, 0.717) is 26.2 Å². The van der Waals surface area contributed by atoms with Crippen molar-refractivity contribution in [2.75, 3.05) is 26.2 Å². The Morgan fingerprint density at radius 1 is 0.640 bits per heavy atom. The lowest BCUT2D eigenvalue weighted by Crippen LogP contribution is -2.35. The minimum atomic E-state index is -0.970. The molecule has 0 saturated carbocycles. The highest BCUT2D eigenvalue weighted by atomic mass is 35.5. The average molecular weight is 436 g/mol. The van der Waals surface area contributed by atoms with E-state index in [1.807, 2.05) is 13.8 Å². The number of hydrogen-bond acceptors (Lipinski definition) is 2. The van der Waals surface area contributed by atoms with Gasteiger partial charge in [-0.15, -0.1) is 0 Å². The molecule has 0 unspecified atom stereocenters. The summed E-state index contributed by atoms with van der Waals surface area (Å²) in [5.74, 6) is -0.422. The summed E-state index contributed by atoms with van der Waals surface area (Å²) < 4.78 is 0. The van der Waals surface area contributed by atoms with E-state index in [1.165, 1.54) is 0 Å². The van der Waals surface area contributed by atoms with Crippen molar-refractivity contribution in [1.82, 2.24) is 9.80 Å². The van der Waals surface area contributed by atoms with Gasteiger partial charge < -0.3 is 9.80 Å². The lowest BCUT2D eigenvalue weighted by molar-refractivity contribution is -0.130. The monoisotopic (exact) mass is 434 g/mol. The van der Waals surface area contributed by atoms with Crippen LogP contribution in [0.3, 0.4) is 0 Å². The van der Waals surface area contributed by atoms with Gasteiger partial charge in [-0.3, -0.25) is 9.59 Å². The van der Waals surface area contributed by atoms with E-state index in [9.17, 15) is 9.59 Å². The highest BCUT2D eigenvalue weighted by molar-refractivity contribution is 6.53. The Morgan fingerprint density at radius 3 is 1.16 bits per heavy atom. The van der Waals surface area contributed by atoms with Gasteiger partial charge in [-0.2, -0.15) is 0 Å². The molecule has 0 aliphatic carbocycles. The van der Waals surface area contributed by atoms with Crippen molar-refractivity contribution in [3.8, 4) is 0 Å². The van der Waals surface area contributed by atoms with Gasteiger partial charge in [0, 0.05) is 26.2 Å². The molecular formula is C17H30Cl4N2O2. The fraction of sp³-hybridized carbons (Fsp3) is 0.882. The maximum atomic E-state index is 11.7. The first-order chi connectivity index (χ1) is 11.8. The predicted octanol–water partition coefficient (Wildman–Crippen LogP) is 5.02. The molecule has 0 spiro atoms. The average Bonchev–Trinajstić information content (AvgIpc) is 2.58. The SMILES string of the molecule is CCN(CCCCCCCCCN(CC)C(=O)C(Cl)Cl)C(=O)C(Cl)Cl. The van der Waals surface area contributed by atoms with Crippen LogP contribution in [0.1, 0.15) is 58.8 Å². The highest BCUT2D eigenvalue weighted by Crippen LogP contribution is 2.12.